The van der Waals surface area contributed by atoms with Crippen LogP contribution in [0.25, 0.3) is 0 Å². The molecule has 0 spiro atoms. The Balaban J connectivity index is 0.985. The second-order valence-electron chi connectivity index (χ2n) is 15.2. The van der Waals surface area contributed by atoms with Crippen molar-refractivity contribution in [1.29, 1.82) is 0 Å². The molecule has 64 heavy (non-hydrogen) atoms. The predicted molar refractivity (Wildman–Crippen MR) is 255 cm³/mol. The van der Waals surface area contributed by atoms with Gasteiger partial charge in [0.05, 0.1) is 41.5 Å². The van der Waals surface area contributed by atoms with Crippen LogP contribution in [0.5, 0.6) is 11.5 Å². The highest BCUT2D eigenvalue weighted by Crippen LogP contribution is 2.46. The molecule has 0 saturated carbocycles. The third-order valence-electron chi connectivity index (χ3n) is 11.3. The van der Waals surface area contributed by atoms with Gasteiger partial charge in [0, 0.05) is 46.3 Å². The van der Waals surface area contributed by atoms with Gasteiger partial charge in [0.15, 0.2) is 0 Å². The Bertz CT molecular complexity index is 2660. The minimum atomic E-state index is -0.539. The van der Waals surface area contributed by atoms with Gasteiger partial charge in [-0.05, 0) is 90.9 Å². The monoisotopic (exact) mass is 933 g/mol. The number of hydrogen-bond acceptors (Lipinski definition) is 15. The zero-order valence-corrected chi connectivity index (χ0v) is 39.0. The Morgan fingerprint density at radius 1 is 0.750 bits per heavy atom. The summed E-state index contributed by atoms with van der Waals surface area (Å²) in [7, 11) is 3.25. The largest absolute Gasteiger partial charge is 0.497 e. The van der Waals surface area contributed by atoms with E-state index >= 15 is 0 Å². The summed E-state index contributed by atoms with van der Waals surface area (Å²) >= 11 is 5.96. The maximum absolute atomic E-state index is 14.1. The van der Waals surface area contributed by atoms with E-state index in [1.54, 1.807) is 44.7 Å². The molecule has 0 bridgehead atoms. The van der Waals surface area contributed by atoms with E-state index in [1.165, 1.54) is 22.7 Å². The quantitative estimate of drug-likeness (QED) is 0.0440. The van der Waals surface area contributed by atoms with Crippen LogP contribution in [0, 0.1) is 0 Å². The molecule has 1 aliphatic carbocycles. The van der Waals surface area contributed by atoms with Gasteiger partial charge in [0.1, 0.15) is 33.1 Å². The third kappa shape index (κ3) is 9.53. The van der Waals surface area contributed by atoms with Gasteiger partial charge in [-0.2, -0.15) is 0 Å². The third-order valence-corrected chi connectivity index (χ3v) is 16.5. The lowest BCUT2D eigenvalue weighted by Gasteiger charge is -2.30. The van der Waals surface area contributed by atoms with Crippen molar-refractivity contribution in [1.82, 2.24) is 0 Å². The minimum absolute atomic E-state index is 0.154. The van der Waals surface area contributed by atoms with E-state index in [0.717, 1.165) is 70.1 Å². The van der Waals surface area contributed by atoms with E-state index in [2.05, 4.69) is 27.3 Å². The molecule has 0 amide bonds. The summed E-state index contributed by atoms with van der Waals surface area (Å²) in [6.45, 7) is 4.69. The molecule has 11 nitrogen and oxygen atoms in total. The number of oxime groups is 2. The standard InChI is InChI=1S/C49H47N3O8S4/c1-5-59-46(53)45-39-25-52(34-17-21-36(58-4)22-18-34)26-40(50-55)41(39)48(64-45)61-28-31-11-13-32(14-12-31)29(2)60-47(54)44-38-24-23-37(33-15-19-35(57-3)20-16-33)43(51-56)42(38)49(63-44)62-27-30-9-7-6-8-10-30/h6-22,29,37,55-56H,5,23-28H2,1-4H3/b50-40+,51-43+. The van der Waals surface area contributed by atoms with Crippen LogP contribution in [0.4, 0.5) is 5.69 Å². The van der Waals surface area contributed by atoms with Crippen molar-refractivity contribution in [2.24, 2.45) is 10.3 Å². The maximum atomic E-state index is 14.1. The zero-order chi connectivity index (χ0) is 44.7. The van der Waals surface area contributed by atoms with Crippen LogP contribution < -0.4 is 14.4 Å². The Kier molecular flexibility index (Phi) is 14.3. The van der Waals surface area contributed by atoms with Crippen LogP contribution in [0.1, 0.15) is 96.1 Å². The van der Waals surface area contributed by atoms with Gasteiger partial charge in [-0.1, -0.05) is 77.0 Å². The first-order valence-corrected chi connectivity index (χ1v) is 24.4. The number of methoxy groups -OCH3 is 2. The average molecular weight is 934 g/mol. The summed E-state index contributed by atoms with van der Waals surface area (Å²) in [6.07, 6.45) is 0.754. The van der Waals surface area contributed by atoms with Crippen molar-refractivity contribution < 1.29 is 39.0 Å². The van der Waals surface area contributed by atoms with Gasteiger partial charge in [0.2, 0.25) is 0 Å². The van der Waals surface area contributed by atoms with Gasteiger partial charge < -0.3 is 34.3 Å². The van der Waals surface area contributed by atoms with Crippen molar-refractivity contribution in [3.05, 3.63) is 157 Å². The molecule has 6 aromatic rings. The van der Waals surface area contributed by atoms with Crippen molar-refractivity contribution in [2.45, 2.75) is 65.2 Å². The number of hydrogen-bond donors (Lipinski definition) is 2. The first-order chi connectivity index (χ1) is 31.2. The summed E-state index contributed by atoms with van der Waals surface area (Å²) in [5, 5.41) is 28.4. The smallest absolute Gasteiger partial charge is 0.349 e. The van der Waals surface area contributed by atoms with E-state index in [-0.39, 0.29) is 12.5 Å². The summed E-state index contributed by atoms with van der Waals surface area (Å²) in [5.74, 6) is 1.79. The molecular formula is C49H47N3O8S4. The van der Waals surface area contributed by atoms with Crippen molar-refractivity contribution in [3.63, 3.8) is 0 Å². The van der Waals surface area contributed by atoms with Crippen LogP contribution in [0.2, 0.25) is 0 Å². The van der Waals surface area contributed by atoms with Gasteiger partial charge >= 0.3 is 11.9 Å². The molecule has 2 aromatic heterocycles. The second-order valence-corrected chi connectivity index (χ2v) is 19.7. The highest BCUT2D eigenvalue weighted by atomic mass is 32.2. The predicted octanol–water partition coefficient (Wildman–Crippen LogP) is 11.6. The first kappa shape index (κ1) is 44.9. The van der Waals surface area contributed by atoms with Crippen molar-refractivity contribution in [3.8, 4) is 11.5 Å². The number of rotatable bonds is 15. The minimum Gasteiger partial charge on any atom is -0.497 e. The van der Waals surface area contributed by atoms with E-state index < -0.39 is 18.0 Å². The van der Waals surface area contributed by atoms with E-state index in [1.807, 2.05) is 97.9 Å². The lowest BCUT2D eigenvalue weighted by Crippen LogP contribution is -2.36. The average Bonchev–Trinajstić information content (AvgIpc) is 3.91. The summed E-state index contributed by atoms with van der Waals surface area (Å²) in [6, 6.07) is 33.6. The number of nitrogens with zero attached hydrogens (tertiary/aromatic N) is 3. The van der Waals surface area contributed by atoms with Crippen LogP contribution in [-0.4, -0.2) is 61.1 Å². The van der Waals surface area contributed by atoms with Gasteiger partial charge in [0.25, 0.3) is 0 Å². The number of thioether (sulfide) groups is 2. The zero-order valence-electron chi connectivity index (χ0n) is 35.7. The number of benzene rings is 4. The molecule has 3 heterocycles. The van der Waals surface area contributed by atoms with Gasteiger partial charge in [-0.25, -0.2) is 9.59 Å². The van der Waals surface area contributed by atoms with E-state index in [9.17, 15) is 20.0 Å². The van der Waals surface area contributed by atoms with Crippen LogP contribution in [0.3, 0.4) is 0 Å². The number of carbonyl (C=O) groups excluding carboxylic acids is 2. The molecular weight excluding hydrogens is 887 g/mol. The fourth-order valence-corrected chi connectivity index (χ4v) is 13.0. The number of anilines is 1. The highest BCUT2D eigenvalue weighted by molar-refractivity contribution is 8.00. The Labute approximate surface area is 388 Å². The second kappa shape index (κ2) is 20.4. The number of thiophene rings is 2. The molecule has 8 rings (SSSR count). The molecule has 0 fully saturated rings. The van der Waals surface area contributed by atoms with Crippen molar-refractivity contribution in [2.75, 3.05) is 32.3 Å². The SMILES string of the molecule is CCOC(=O)c1sc(SCc2ccc(C(C)OC(=O)c3sc(SCc4ccccc4)c4c3CCC(c3ccc(OC)cc3)/C4=N\O)cc2)c2c1CN(c1ccc(OC)cc1)C/C2=N\O. The summed E-state index contributed by atoms with van der Waals surface area (Å²) in [5.41, 5.74) is 9.18. The molecule has 2 unspecified atom stereocenters. The lowest BCUT2D eigenvalue weighted by molar-refractivity contribution is 0.0342. The molecule has 0 radical (unpaired) electrons. The molecule has 1 aliphatic heterocycles. The van der Waals surface area contributed by atoms with Crippen molar-refractivity contribution >= 4 is 75.2 Å². The molecule has 2 atom stereocenters. The van der Waals surface area contributed by atoms with Crippen LogP contribution in [-0.2, 0) is 33.9 Å². The molecule has 2 N–H and O–H groups in total. The van der Waals surface area contributed by atoms with Gasteiger partial charge in [-0.15, -0.1) is 46.2 Å². The summed E-state index contributed by atoms with van der Waals surface area (Å²) < 4.78 is 24.1. The first-order valence-electron chi connectivity index (χ1n) is 20.8. The fourth-order valence-electron chi connectivity index (χ4n) is 8.04. The Hall–Kier alpha value is -5.74. The number of fused-ring (bicyclic) bond motifs is 2. The topological polar surface area (TPSA) is 139 Å². The molecule has 4 aromatic carbocycles. The number of ether oxygens (including phenoxy) is 4. The Morgan fingerprint density at radius 3 is 1.97 bits per heavy atom. The normalized spacial score (nSPS) is 16.2. The number of esters is 2. The summed E-state index contributed by atoms with van der Waals surface area (Å²) in [4.78, 5) is 30.4. The van der Waals surface area contributed by atoms with Crippen LogP contribution >= 0.6 is 46.2 Å². The number of carbonyl (C=O) groups is 2. The van der Waals surface area contributed by atoms with Gasteiger partial charge in [-0.3, -0.25) is 0 Å². The van der Waals surface area contributed by atoms with E-state index in [4.69, 9.17) is 18.9 Å². The molecule has 15 heteroatoms. The molecule has 2 aliphatic rings. The van der Waals surface area contributed by atoms with E-state index in [0.29, 0.717) is 58.6 Å². The Morgan fingerprint density at radius 2 is 1.36 bits per heavy atom. The molecule has 330 valence electrons. The maximum Gasteiger partial charge on any atom is 0.349 e. The fraction of sp³-hybridized carbons (Fsp3) is 0.265. The molecule has 0 saturated heterocycles. The van der Waals surface area contributed by atoms with Crippen LogP contribution in [0.15, 0.2) is 122 Å². The highest BCUT2D eigenvalue weighted by Gasteiger charge is 2.37. The lowest BCUT2D eigenvalue weighted by atomic mass is 9.79.